The number of nitrogens with zero attached hydrogens (tertiary/aromatic N) is 3. The third-order valence-electron chi connectivity index (χ3n) is 8.76. The average molecular weight is 618 g/mol. The lowest BCUT2D eigenvalue weighted by Gasteiger charge is -2.11. The van der Waals surface area contributed by atoms with Crippen LogP contribution in [0.1, 0.15) is 0 Å². The van der Waals surface area contributed by atoms with Crippen LogP contribution in [0.5, 0.6) is 0 Å². The fourth-order valence-electron chi connectivity index (χ4n) is 6.38. The molecule has 0 saturated heterocycles. The second-order valence-electron chi connectivity index (χ2n) is 11.6. The number of rotatable bonds is 5. The van der Waals surface area contributed by atoms with E-state index in [1.807, 2.05) is 23.5 Å². The van der Waals surface area contributed by atoms with Crippen molar-refractivity contribution in [3.05, 3.63) is 164 Å². The molecule has 0 saturated carbocycles. The monoisotopic (exact) mass is 617 g/mol. The highest BCUT2D eigenvalue weighted by molar-refractivity contribution is 7.26. The van der Waals surface area contributed by atoms with E-state index in [2.05, 4.69) is 152 Å². The van der Waals surface area contributed by atoms with Gasteiger partial charge in [-0.1, -0.05) is 158 Å². The van der Waals surface area contributed by atoms with Crippen LogP contribution in [0.4, 0.5) is 0 Å². The molecule has 0 amide bonds. The lowest BCUT2D eigenvalue weighted by atomic mass is 10.0. The van der Waals surface area contributed by atoms with E-state index in [0.717, 1.165) is 27.8 Å². The molecular weight excluding hydrogens is 591 g/mol. The van der Waals surface area contributed by atoms with E-state index in [-0.39, 0.29) is 0 Å². The van der Waals surface area contributed by atoms with Crippen LogP contribution in [0.15, 0.2) is 164 Å². The third kappa shape index (κ3) is 4.96. The van der Waals surface area contributed by atoms with Crippen LogP contribution in [0.25, 0.3) is 87.4 Å². The first kappa shape index (κ1) is 27.3. The third-order valence-corrected chi connectivity index (χ3v) is 9.97. The minimum atomic E-state index is 0.652. The molecule has 9 aromatic rings. The van der Waals surface area contributed by atoms with Crippen molar-refractivity contribution >= 4 is 42.3 Å². The standard InChI is InChI=1S/C43H27N3S/c1-3-10-28(11-4-1)30-18-22-33(23-19-30)41-44-42(34-24-20-31(21-25-34)29-12-5-2-6-13-29)46-43(45-41)37-16-9-17-38-39(37)36-27-26-32-14-7-8-15-35(32)40(36)47-38/h1-27H. The summed E-state index contributed by atoms with van der Waals surface area (Å²) in [7, 11) is 0. The van der Waals surface area contributed by atoms with E-state index in [4.69, 9.17) is 15.0 Å². The zero-order chi connectivity index (χ0) is 31.2. The Balaban J connectivity index is 1.22. The van der Waals surface area contributed by atoms with Crippen molar-refractivity contribution in [2.75, 3.05) is 0 Å². The Bertz CT molecular complexity index is 2440. The Hall–Kier alpha value is -5.97. The lowest BCUT2D eigenvalue weighted by Crippen LogP contribution is -2.00. The van der Waals surface area contributed by atoms with Gasteiger partial charge in [0.15, 0.2) is 17.5 Å². The molecule has 0 radical (unpaired) electrons. The molecule has 0 N–H and O–H groups in total. The Morgan fingerprint density at radius 3 is 1.47 bits per heavy atom. The molecule has 4 heteroatoms. The SMILES string of the molecule is c1ccc(-c2ccc(-c3nc(-c4ccc(-c5ccccc5)cc4)nc(-c4cccc5sc6c7ccccc7ccc6c45)n3)cc2)cc1. The second kappa shape index (κ2) is 11.4. The van der Waals surface area contributed by atoms with Crippen LogP contribution in [-0.4, -0.2) is 15.0 Å². The highest BCUT2D eigenvalue weighted by Gasteiger charge is 2.18. The summed E-state index contributed by atoms with van der Waals surface area (Å²) in [4.78, 5) is 15.4. The van der Waals surface area contributed by atoms with Gasteiger partial charge in [0.2, 0.25) is 0 Å². The normalized spacial score (nSPS) is 11.4. The molecule has 0 atom stereocenters. The van der Waals surface area contributed by atoms with Gasteiger partial charge in [-0.25, -0.2) is 15.0 Å². The molecule has 9 rings (SSSR count). The zero-order valence-corrected chi connectivity index (χ0v) is 26.2. The first-order valence-electron chi connectivity index (χ1n) is 15.7. The van der Waals surface area contributed by atoms with Crippen molar-refractivity contribution in [3.8, 4) is 56.4 Å². The predicted octanol–water partition coefficient (Wildman–Crippen LogP) is 11.7. The van der Waals surface area contributed by atoms with Crippen LogP contribution >= 0.6 is 11.3 Å². The summed E-state index contributed by atoms with van der Waals surface area (Å²) in [5.74, 6) is 1.97. The largest absolute Gasteiger partial charge is 0.208 e. The molecule has 3 nitrogen and oxygen atoms in total. The van der Waals surface area contributed by atoms with Crippen LogP contribution in [0, 0.1) is 0 Å². The molecule has 0 unspecified atom stereocenters. The van der Waals surface area contributed by atoms with Gasteiger partial charge in [0, 0.05) is 36.9 Å². The predicted molar refractivity (Wildman–Crippen MR) is 197 cm³/mol. The Kier molecular flexibility index (Phi) is 6.65. The number of aromatic nitrogens is 3. The molecule has 0 aliphatic rings. The number of benzene rings is 7. The molecule has 0 aliphatic carbocycles. The molecule has 0 aliphatic heterocycles. The van der Waals surface area contributed by atoms with E-state index >= 15 is 0 Å². The van der Waals surface area contributed by atoms with Crippen LogP contribution in [-0.2, 0) is 0 Å². The quantitative estimate of drug-likeness (QED) is 0.193. The second-order valence-corrected chi connectivity index (χ2v) is 12.7. The van der Waals surface area contributed by atoms with Gasteiger partial charge in [0.1, 0.15) is 0 Å². The van der Waals surface area contributed by atoms with Gasteiger partial charge in [-0.3, -0.25) is 0 Å². The molecule has 0 fully saturated rings. The van der Waals surface area contributed by atoms with E-state index < -0.39 is 0 Å². The number of hydrogen-bond donors (Lipinski definition) is 0. The molecule has 220 valence electrons. The smallest absolute Gasteiger partial charge is 0.164 e. The topological polar surface area (TPSA) is 38.7 Å². The summed E-state index contributed by atoms with van der Waals surface area (Å²) in [6.45, 7) is 0. The summed E-state index contributed by atoms with van der Waals surface area (Å²) >= 11 is 1.83. The maximum atomic E-state index is 5.15. The van der Waals surface area contributed by atoms with Gasteiger partial charge < -0.3 is 0 Å². The highest BCUT2D eigenvalue weighted by Crippen LogP contribution is 2.42. The maximum absolute atomic E-state index is 5.15. The summed E-state index contributed by atoms with van der Waals surface area (Å²) in [6.07, 6.45) is 0. The Morgan fingerprint density at radius 1 is 0.340 bits per heavy atom. The summed E-state index contributed by atoms with van der Waals surface area (Å²) in [5.41, 5.74) is 7.57. The van der Waals surface area contributed by atoms with Gasteiger partial charge in [-0.2, -0.15) is 0 Å². The summed E-state index contributed by atoms with van der Waals surface area (Å²) < 4.78 is 2.50. The fraction of sp³-hybridized carbons (Fsp3) is 0. The molecular formula is C43H27N3S. The van der Waals surface area contributed by atoms with Crippen molar-refractivity contribution in [2.24, 2.45) is 0 Å². The molecule has 0 spiro atoms. The Morgan fingerprint density at radius 2 is 0.851 bits per heavy atom. The van der Waals surface area contributed by atoms with Gasteiger partial charge in [0.25, 0.3) is 0 Å². The molecule has 2 aromatic heterocycles. The highest BCUT2D eigenvalue weighted by atomic mass is 32.1. The first-order chi connectivity index (χ1) is 23.3. The van der Waals surface area contributed by atoms with E-state index in [9.17, 15) is 0 Å². The molecule has 47 heavy (non-hydrogen) atoms. The van der Waals surface area contributed by atoms with Gasteiger partial charge >= 0.3 is 0 Å². The summed E-state index contributed by atoms with van der Waals surface area (Å²) in [5, 5.41) is 4.92. The number of hydrogen-bond acceptors (Lipinski definition) is 4. The van der Waals surface area contributed by atoms with Crippen molar-refractivity contribution in [1.82, 2.24) is 15.0 Å². The van der Waals surface area contributed by atoms with Crippen LogP contribution in [0.2, 0.25) is 0 Å². The van der Waals surface area contributed by atoms with E-state index in [1.54, 1.807) is 0 Å². The maximum Gasteiger partial charge on any atom is 0.164 e. The average Bonchev–Trinajstić information content (AvgIpc) is 3.55. The van der Waals surface area contributed by atoms with Crippen molar-refractivity contribution < 1.29 is 0 Å². The van der Waals surface area contributed by atoms with E-state index in [0.29, 0.717) is 17.5 Å². The van der Waals surface area contributed by atoms with Crippen LogP contribution in [0.3, 0.4) is 0 Å². The van der Waals surface area contributed by atoms with Gasteiger partial charge in [-0.15, -0.1) is 11.3 Å². The van der Waals surface area contributed by atoms with E-state index in [1.165, 1.54) is 42.1 Å². The fourth-order valence-corrected chi connectivity index (χ4v) is 7.64. The lowest BCUT2D eigenvalue weighted by molar-refractivity contribution is 1.08. The summed E-state index contributed by atoms with van der Waals surface area (Å²) in [6, 6.07) is 57.3. The first-order valence-corrected chi connectivity index (χ1v) is 16.5. The molecule has 0 bridgehead atoms. The minimum absolute atomic E-state index is 0.652. The minimum Gasteiger partial charge on any atom is -0.208 e. The Labute approximate surface area is 276 Å². The van der Waals surface area contributed by atoms with Crippen molar-refractivity contribution in [3.63, 3.8) is 0 Å². The zero-order valence-electron chi connectivity index (χ0n) is 25.3. The number of fused-ring (bicyclic) bond motifs is 5. The number of thiophene rings is 1. The van der Waals surface area contributed by atoms with Crippen LogP contribution < -0.4 is 0 Å². The van der Waals surface area contributed by atoms with Gasteiger partial charge in [-0.05, 0) is 39.1 Å². The van der Waals surface area contributed by atoms with Crippen molar-refractivity contribution in [1.29, 1.82) is 0 Å². The molecule has 7 aromatic carbocycles. The van der Waals surface area contributed by atoms with Gasteiger partial charge in [0.05, 0.1) is 0 Å². The molecule has 2 heterocycles. The van der Waals surface area contributed by atoms with Crippen molar-refractivity contribution in [2.45, 2.75) is 0 Å².